The predicted octanol–water partition coefficient (Wildman–Crippen LogP) is 3.14. The quantitative estimate of drug-likeness (QED) is 0.461. The number of aromatic amines is 1. The first kappa shape index (κ1) is 14.0. The number of benzene rings is 1. The first-order chi connectivity index (χ1) is 11.3. The second-order valence-electron chi connectivity index (χ2n) is 5.15. The van der Waals surface area contributed by atoms with Gasteiger partial charge in [0.05, 0.1) is 12.7 Å². The van der Waals surface area contributed by atoms with Crippen LogP contribution in [0.2, 0.25) is 0 Å². The number of imidazole rings is 2. The molecule has 0 amide bonds. The van der Waals surface area contributed by atoms with E-state index in [4.69, 9.17) is 0 Å². The number of nitrogens with zero attached hydrogens (tertiary/aromatic N) is 5. The minimum absolute atomic E-state index is 0.703. The van der Waals surface area contributed by atoms with E-state index in [2.05, 4.69) is 50.0 Å². The van der Waals surface area contributed by atoms with E-state index in [1.165, 1.54) is 11.1 Å². The van der Waals surface area contributed by atoms with Crippen molar-refractivity contribution in [3.63, 3.8) is 0 Å². The third kappa shape index (κ3) is 2.70. The van der Waals surface area contributed by atoms with E-state index >= 15 is 0 Å². The Hall–Kier alpha value is -2.67. The first-order valence-electron chi connectivity index (χ1n) is 7.16. The number of fused-ring (bicyclic) bond motifs is 1. The summed E-state index contributed by atoms with van der Waals surface area (Å²) in [6.07, 6.45) is 8.73. The molecule has 114 valence electrons. The number of rotatable bonds is 4. The summed E-state index contributed by atoms with van der Waals surface area (Å²) in [4.78, 5) is 19.8. The van der Waals surface area contributed by atoms with Gasteiger partial charge in [-0.15, -0.1) is 0 Å². The van der Waals surface area contributed by atoms with Crippen LogP contribution in [-0.4, -0.2) is 29.5 Å². The second kappa shape index (κ2) is 5.85. The third-order valence-corrected chi connectivity index (χ3v) is 4.72. The zero-order valence-corrected chi connectivity index (χ0v) is 13.3. The molecule has 0 aliphatic carbocycles. The average molecular weight is 322 g/mol. The molecule has 0 saturated heterocycles. The molecule has 1 N–H and O–H groups in total. The van der Waals surface area contributed by atoms with Crippen LogP contribution in [0.3, 0.4) is 0 Å². The van der Waals surface area contributed by atoms with Crippen molar-refractivity contribution in [2.45, 2.75) is 17.7 Å². The Balaban J connectivity index is 1.56. The fourth-order valence-electron chi connectivity index (χ4n) is 2.41. The van der Waals surface area contributed by atoms with Crippen molar-refractivity contribution < 1.29 is 0 Å². The third-order valence-electron chi connectivity index (χ3n) is 3.68. The van der Waals surface area contributed by atoms with Crippen LogP contribution >= 0.6 is 11.8 Å². The maximum absolute atomic E-state index is 4.35. The molecule has 0 aliphatic heterocycles. The van der Waals surface area contributed by atoms with Gasteiger partial charge in [-0.3, -0.25) is 0 Å². The standard InChI is InChI=1S/C16H14N6S/c1-11-6-13(22-5-4-17-10-22)3-2-12(11)7-23-16-14-15(19-8-18-14)20-9-21-16/h2-6,8-10H,7H2,1H3,(H,18,19,20,21). The minimum atomic E-state index is 0.703. The van der Waals surface area contributed by atoms with Gasteiger partial charge in [-0.1, -0.05) is 17.8 Å². The lowest BCUT2D eigenvalue weighted by molar-refractivity contribution is 1.05. The molecule has 0 radical (unpaired) electrons. The van der Waals surface area contributed by atoms with E-state index in [-0.39, 0.29) is 0 Å². The molecule has 4 rings (SSSR count). The monoisotopic (exact) mass is 322 g/mol. The van der Waals surface area contributed by atoms with Crippen molar-refractivity contribution >= 4 is 22.9 Å². The van der Waals surface area contributed by atoms with Gasteiger partial charge in [-0.25, -0.2) is 19.9 Å². The van der Waals surface area contributed by atoms with E-state index in [1.807, 2.05) is 10.8 Å². The van der Waals surface area contributed by atoms with Crippen LogP contribution in [0.1, 0.15) is 11.1 Å². The summed E-state index contributed by atoms with van der Waals surface area (Å²) in [7, 11) is 0. The van der Waals surface area contributed by atoms with Crippen LogP contribution in [-0.2, 0) is 5.75 Å². The molecule has 6 nitrogen and oxygen atoms in total. The molecule has 7 heteroatoms. The van der Waals surface area contributed by atoms with Crippen molar-refractivity contribution in [2.75, 3.05) is 0 Å². The highest BCUT2D eigenvalue weighted by atomic mass is 32.2. The van der Waals surface area contributed by atoms with Crippen LogP contribution in [0.25, 0.3) is 16.9 Å². The summed E-state index contributed by atoms with van der Waals surface area (Å²) in [6.45, 7) is 2.13. The molecular weight excluding hydrogens is 308 g/mol. The van der Waals surface area contributed by atoms with Crippen molar-refractivity contribution in [3.8, 4) is 5.69 Å². The van der Waals surface area contributed by atoms with Gasteiger partial charge in [0.25, 0.3) is 0 Å². The summed E-state index contributed by atoms with van der Waals surface area (Å²) in [5.41, 5.74) is 5.25. The zero-order valence-electron chi connectivity index (χ0n) is 12.5. The number of H-pyrrole nitrogens is 1. The predicted molar refractivity (Wildman–Crippen MR) is 89.5 cm³/mol. The van der Waals surface area contributed by atoms with Gasteiger partial charge in [0.1, 0.15) is 16.9 Å². The van der Waals surface area contributed by atoms with Gasteiger partial charge in [0, 0.05) is 23.8 Å². The van der Waals surface area contributed by atoms with E-state index in [0.717, 1.165) is 22.0 Å². The minimum Gasteiger partial charge on any atom is -0.341 e. The normalized spacial score (nSPS) is 11.2. The van der Waals surface area contributed by atoms with Crippen LogP contribution < -0.4 is 0 Å². The van der Waals surface area contributed by atoms with Crippen LogP contribution in [0.15, 0.2) is 54.6 Å². The molecule has 0 bridgehead atoms. The molecule has 1 aromatic carbocycles. The maximum Gasteiger partial charge on any atom is 0.181 e. The number of hydrogen-bond acceptors (Lipinski definition) is 5. The number of nitrogens with one attached hydrogen (secondary N) is 1. The molecule has 23 heavy (non-hydrogen) atoms. The Bertz CT molecular complexity index is 944. The molecule has 3 heterocycles. The highest BCUT2D eigenvalue weighted by Crippen LogP contribution is 2.27. The van der Waals surface area contributed by atoms with E-state index in [0.29, 0.717) is 5.65 Å². The largest absolute Gasteiger partial charge is 0.341 e. The summed E-state index contributed by atoms with van der Waals surface area (Å²) in [5.74, 6) is 0.848. The van der Waals surface area contributed by atoms with Gasteiger partial charge in [-0.05, 0) is 30.2 Å². The maximum atomic E-state index is 4.35. The number of aryl methyl sites for hydroxylation is 1. The molecule has 0 aliphatic rings. The topological polar surface area (TPSA) is 72.3 Å². The fraction of sp³-hybridized carbons (Fsp3) is 0.125. The Kier molecular flexibility index (Phi) is 3.55. The van der Waals surface area contributed by atoms with E-state index < -0.39 is 0 Å². The van der Waals surface area contributed by atoms with Crippen LogP contribution in [0.5, 0.6) is 0 Å². The molecule has 3 aromatic heterocycles. The number of aromatic nitrogens is 6. The first-order valence-corrected chi connectivity index (χ1v) is 8.14. The molecule has 0 fully saturated rings. The van der Waals surface area contributed by atoms with E-state index in [1.54, 1.807) is 36.9 Å². The lowest BCUT2D eigenvalue weighted by atomic mass is 10.1. The average Bonchev–Trinajstić information content (AvgIpc) is 3.25. The van der Waals surface area contributed by atoms with E-state index in [9.17, 15) is 0 Å². The summed E-state index contributed by atoms with van der Waals surface area (Å²) < 4.78 is 2.00. The summed E-state index contributed by atoms with van der Waals surface area (Å²) in [6, 6.07) is 6.43. The Labute approximate surface area is 137 Å². The fourth-order valence-corrected chi connectivity index (χ4v) is 3.45. The van der Waals surface area contributed by atoms with Gasteiger partial charge in [0.2, 0.25) is 0 Å². The van der Waals surface area contributed by atoms with Crippen molar-refractivity contribution in [3.05, 3.63) is 60.7 Å². The summed E-state index contributed by atoms with van der Waals surface area (Å²) in [5, 5.41) is 0.922. The Morgan fingerprint density at radius 1 is 1.22 bits per heavy atom. The van der Waals surface area contributed by atoms with Crippen LogP contribution in [0.4, 0.5) is 0 Å². The van der Waals surface area contributed by atoms with Gasteiger partial charge < -0.3 is 9.55 Å². The highest BCUT2D eigenvalue weighted by Gasteiger charge is 2.08. The molecule has 0 unspecified atom stereocenters. The number of thioether (sulfide) groups is 1. The zero-order chi connectivity index (χ0) is 15.6. The van der Waals surface area contributed by atoms with Crippen molar-refractivity contribution in [2.24, 2.45) is 0 Å². The van der Waals surface area contributed by atoms with Crippen LogP contribution in [0, 0.1) is 6.92 Å². The molecule has 0 atom stereocenters. The molecular formula is C16H14N6S. The highest BCUT2D eigenvalue weighted by molar-refractivity contribution is 7.98. The smallest absolute Gasteiger partial charge is 0.181 e. The van der Waals surface area contributed by atoms with Crippen molar-refractivity contribution in [1.82, 2.24) is 29.5 Å². The van der Waals surface area contributed by atoms with Gasteiger partial charge in [0.15, 0.2) is 5.65 Å². The second-order valence-corrected chi connectivity index (χ2v) is 6.11. The summed E-state index contributed by atoms with van der Waals surface area (Å²) >= 11 is 1.68. The lowest BCUT2D eigenvalue weighted by Gasteiger charge is -2.09. The lowest BCUT2D eigenvalue weighted by Crippen LogP contribution is -1.94. The number of hydrogen-bond donors (Lipinski definition) is 1. The van der Waals surface area contributed by atoms with Crippen molar-refractivity contribution in [1.29, 1.82) is 0 Å². The van der Waals surface area contributed by atoms with Gasteiger partial charge in [-0.2, -0.15) is 0 Å². The Morgan fingerprint density at radius 2 is 2.17 bits per heavy atom. The molecule has 0 saturated carbocycles. The molecule has 4 aromatic rings. The van der Waals surface area contributed by atoms with Gasteiger partial charge >= 0.3 is 0 Å². The SMILES string of the molecule is Cc1cc(-n2ccnc2)ccc1CSc1ncnc2nc[nH]c12. The molecule has 0 spiro atoms. The Morgan fingerprint density at radius 3 is 3.00 bits per heavy atom.